The fraction of sp³-hybridized carbons (Fsp3) is 0.625. The van der Waals surface area contributed by atoms with E-state index in [1.807, 2.05) is 33.8 Å². The molecule has 0 saturated heterocycles. The summed E-state index contributed by atoms with van der Waals surface area (Å²) in [6.07, 6.45) is 1.94. The maximum absolute atomic E-state index is 5.60. The molecule has 58 valence electrons. The zero-order valence-corrected chi connectivity index (χ0v) is 7.18. The second-order valence-electron chi connectivity index (χ2n) is 2.62. The molecule has 0 aliphatic carbocycles. The lowest BCUT2D eigenvalue weighted by Crippen LogP contribution is -2.18. The van der Waals surface area contributed by atoms with Crippen LogP contribution in [0, 0.1) is 5.92 Å². The number of aliphatic imine (C=N–C) groups is 1. The van der Waals surface area contributed by atoms with E-state index >= 15 is 0 Å². The SMILES string of the molecule is C/C=C(C)\N=C(/N)C(C)C. The Bertz CT molecular complexity index is 155. The van der Waals surface area contributed by atoms with Crippen molar-refractivity contribution in [3.05, 3.63) is 11.8 Å². The van der Waals surface area contributed by atoms with Gasteiger partial charge >= 0.3 is 0 Å². The summed E-state index contributed by atoms with van der Waals surface area (Å²) in [6.45, 7) is 7.95. The molecule has 0 aromatic rings. The van der Waals surface area contributed by atoms with E-state index < -0.39 is 0 Å². The average Bonchev–Trinajstić information content (AvgIpc) is 1.87. The summed E-state index contributed by atoms with van der Waals surface area (Å²) >= 11 is 0. The third kappa shape index (κ3) is 3.28. The Kier molecular flexibility index (Phi) is 3.77. The molecule has 0 rings (SSSR count). The third-order valence-corrected chi connectivity index (χ3v) is 1.31. The van der Waals surface area contributed by atoms with Gasteiger partial charge in [0, 0.05) is 11.6 Å². The van der Waals surface area contributed by atoms with Crippen molar-refractivity contribution in [1.82, 2.24) is 0 Å². The number of nitrogens with two attached hydrogens (primary N) is 1. The minimum absolute atomic E-state index is 0.342. The lowest BCUT2D eigenvalue weighted by atomic mass is 10.2. The van der Waals surface area contributed by atoms with Gasteiger partial charge in [-0.05, 0) is 13.8 Å². The fourth-order valence-corrected chi connectivity index (χ4v) is 0.397. The Morgan fingerprint density at radius 1 is 1.50 bits per heavy atom. The van der Waals surface area contributed by atoms with E-state index in [0.717, 1.165) is 5.70 Å². The molecule has 0 saturated carbocycles. The summed E-state index contributed by atoms with van der Waals surface area (Å²) < 4.78 is 0. The molecule has 0 bridgehead atoms. The summed E-state index contributed by atoms with van der Waals surface area (Å²) in [4.78, 5) is 4.15. The van der Waals surface area contributed by atoms with Gasteiger partial charge in [0.2, 0.25) is 0 Å². The Hall–Kier alpha value is -0.790. The van der Waals surface area contributed by atoms with Crippen molar-refractivity contribution >= 4 is 5.84 Å². The van der Waals surface area contributed by atoms with E-state index in [1.54, 1.807) is 0 Å². The number of allylic oxidation sites excluding steroid dienone is 2. The van der Waals surface area contributed by atoms with Gasteiger partial charge in [-0.25, -0.2) is 4.99 Å². The highest BCUT2D eigenvalue weighted by Crippen LogP contribution is 1.98. The summed E-state index contributed by atoms with van der Waals surface area (Å²) in [5, 5.41) is 0. The highest BCUT2D eigenvalue weighted by atomic mass is 14.9. The molecule has 2 N–H and O–H groups in total. The zero-order chi connectivity index (χ0) is 8.15. The third-order valence-electron chi connectivity index (χ3n) is 1.31. The van der Waals surface area contributed by atoms with Crippen LogP contribution in [0.15, 0.2) is 16.8 Å². The van der Waals surface area contributed by atoms with Crippen LogP contribution >= 0.6 is 0 Å². The van der Waals surface area contributed by atoms with Crippen LogP contribution in [0.3, 0.4) is 0 Å². The van der Waals surface area contributed by atoms with Gasteiger partial charge in [0.1, 0.15) is 5.84 Å². The van der Waals surface area contributed by atoms with Crippen molar-refractivity contribution in [2.75, 3.05) is 0 Å². The second-order valence-corrected chi connectivity index (χ2v) is 2.62. The van der Waals surface area contributed by atoms with Crippen molar-refractivity contribution in [2.24, 2.45) is 16.6 Å². The summed E-state index contributed by atoms with van der Waals surface area (Å²) in [5.41, 5.74) is 6.58. The molecule has 2 heteroatoms. The lowest BCUT2D eigenvalue weighted by molar-refractivity contribution is 0.869. The molecule has 0 amide bonds. The Morgan fingerprint density at radius 2 is 2.00 bits per heavy atom. The molecule has 0 atom stereocenters. The Morgan fingerprint density at radius 3 is 2.30 bits per heavy atom. The number of hydrogen-bond donors (Lipinski definition) is 1. The van der Waals surface area contributed by atoms with Crippen molar-refractivity contribution < 1.29 is 0 Å². The van der Waals surface area contributed by atoms with E-state index in [-0.39, 0.29) is 0 Å². The van der Waals surface area contributed by atoms with Crippen LogP contribution in [0.5, 0.6) is 0 Å². The van der Waals surface area contributed by atoms with Crippen molar-refractivity contribution in [3.8, 4) is 0 Å². The van der Waals surface area contributed by atoms with Crippen LogP contribution in [0.2, 0.25) is 0 Å². The van der Waals surface area contributed by atoms with Crippen molar-refractivity contribution in [3.63, 3.8) is 0 Å². The number of hydrogen-bond acceptors (Lipinski definition) is 1. The second kappa shape index (κ2) is 4.09. The highest BCUT2D eigenvalue weighted by molar-refractivity contribution is 5.83. The quantitative estimate of drug-likeness (QED) is 0.462. The van der Waals surface area contributed by atoms with E-state index in [1.165, 1.54) is 0 Å². The zero-order valence-electron chi connectivity index (χ0n) is 7.18. The number of amidine groups is 1. The van der Waals surface area contributed by atoms with Gasteiger partial charge in [-0.15, -0.1) is 0 Å². The van der Waals surface area contributed by atoms with Crippen LogP contribution in [-0.2, 0) is 0 Å². The smallest absolute Gasteiger partial charge is 0.102 e. The largest absolute Gasteiger partial charge is 0.387 e. The molecular weight excluding hydrogens is 124 g/mol. The van der Waals surface area contributed by atoms with Crippen LogP contribution in [0.1, 0.15) is 27.7 Å². The van der Waals surface area contributed by atoms with Crippen LogP contribution in [0.25, 0.3) is 0 Å². The molecule has 0 aliphatic heterocycles. The minimum Gasteiger partial charge on any atom is -0.387 e. The topological polar surface area (TPSA) is 38.4 Å². The molecule has 0 fully saturated rings. The Balaban J connectivity index is 4.17. The van der Waals surface area contributed by atoms with Gasteiger partial charge in [-0.1, -0.05) is 19.9 Å². The molecule has 0 heterocycles. The molecule has 0 aromatic carbocycles. The molecule has 0 aromatic heterocycles. The first-order chi connectivity index (χ1) is 4.57. The van der Waals surface area contributed by atoms with E-state index in [4.69, 9.17) is 5.73 Å². The molecule has 2 nitrogen and oxygen atoms in total. The van der Waals surface area contributed by atoms with Gasteiger partial charge in [0.05, 0.1) is 0 Å². The molecule has 0 aliphatic rings. The summed E-state index contributed by atoms with van der Waals surface area (Å²) in [6, 6.07) is 0. The normalized spacial score (nSPS) is 14.5. The molecule has 0 radical (unpaired) electrons. The average molecular weight is 140 g/mol. The van der Waals surface area contributed by atoms with E-state index in [9.17, 15) is 0 Å². The van der Waals surface area contributed by atoms with Crippen LogP contribution in [-0.4, -0.2) is 5.84 Å². The van der Waals surface area contributed by atoms with Crippen LogP contribution < -0.4 is 5.73 Å². The van der Waals surface area contributed by atoms with E-state index in [2.05, 4.69) is 4.99 Å². The van der Waals surface area contributed by atoms with E-state index in [0.29, 0.717) is 11.8 Å². The first-order valence-electron chi connectivity index (χ1n) is 3.55. The molecular formula is C8H16N2. The van der Waals surface area contributed by atoms with Gasteiger partial charge < -0.3 is 5.73 Å². The van der Waals surface area contributed by atoms with Crippen molar-refractivity contribution in [1.29, 1.82) is 0 Å². The lowest BCUT2D eigenvalue weighted by Gasteiger charge is -2.02. The maximum atomic E-state index is 5.60. The number of nitrogens with zero attached hydrogens (tertiary/aromatic N) is 1. The minimum atomic E-state index is 0.342. The first-order valence-corrected chi connectivity index (χ1v) is 3.55. The summed E-state index contributed by atoms with van der Waals surface area (Å²) in [5.74, 6) is 1.05. The maximum Gasteiger partial charge on any atom is 0.102 e. The van der Waals surface area contributed by atoms with Gasteiger partial charge in [-0.2, -0.15) is 0 Å². The van der Waals surface area contributed by atoms with Crippen molar-refractivity contribution in [2.45, 2.75) is 27.7 Å². The predicted molar refractivity (Wildman–Crippen MR) is 45.9 cm³/mol. The van der Waals surface area contributed by atoms with Gasteiger partial charge in [0.25, 0.3) is 0 Å². The first kappa shape index (κ1) is 9.21. The predicted octanol–water partition coefficient (Wildman–Crippen LogP) is 1.92. The fourth-order valence-electron chi connectivity index (χ4n) is 0.397. The van der Waals surface area contributed by atoms with Gasteiger partial charge in [-0.3, -0.25) is 0 Å². The number of rotatable bonds is 2. The standard InChI is InChI=1S/C8H16N2/c1-5-7(4)10-8(9)6(2)3/h5-6H,1-4H3,(H2,9,10)/b7-5-. The summed E-state index contributed by atoms with van der Waals surface area (Å²) in [7, 11) is 0. The monoisotopic (exact) mass is 140 g/mol. The Labute approximate surface area is 62.8 Å². The van der Waals surface area contributed by atoms with Gasteiger partial charge in [0.15, 0.2) is 0 Å². The highest BCUT2D eigenvalue weighted by Gasteiger charge is 1.96. The van der Waals surface area contributed by atoms with Crippen LogP contribution in [0.4, 0.5) is 0 Å². The molecule has 0 unspecified atom stereocenters. The molecule has 0 spiro atoms. The molecule has 10 heavy (non-hydrogen) atoms.